The van der Waals surface area contributed by atoms with Crippen LogP contribution in [0.5, 0.6) is 11.5 Å². The molecule has 0 aliphatic carbocycles. The molecule has 2 aromatic carbocycles. The summed E-state index contributed by atoms with van der Waals surface area (Å²) in [4.78, 5) is 30.7. The average Bonchev–Trinajstić information content (AvgIpc) is 3.05. The van der Waals surface area contributed by atoms with Gasteiger partial charge in [0.05, 0.1) is 31.2 Å². The van der Waals surface area contributed by atoms with Crippen molar-refractivity contribution in [3.63, 3.8) is 0 Å². The molecule has 8 heteroatoms. The molecule has 7 nitrogen and oxygen atoms in total. The van der Waals surface area contributed by atoms with Gasteiger partial charge in [0.2, 0.25) is 5.76 Å². The van der Waals surface area contributed by atoms with Gasteiger partial charge in [0.25, 0.3) is 5.91 Å². The van der Waals surface area contributed by atoms with E-state index in [9.17, 15) is 9.59 Å². The Morgan fingerprint density at radius 2 is 1.75 bits per heavy atom. The first-order chi connectivity index (χ1) is 15.3. The minimum Gasteiger partial charge on any atom is -0.497 e. The minimum absolute atomic E-state index is 0.0708. The monoisotopic (exact) mass is 456 g/mol. The lowest BCUT2D eigenvalue weighted by Crippen LogP contribution is -2.32. The standard InChI is InChI=1S/C24H25ClN2O5/c1-26(2)8-5-9-27-21(14-10-16(30-3)13-17(11-14)31-4)20-22(28)18-12-15(25)6-7-19(18)32-23(20)24(27)29/h6-7,10-13,21H,5,8-9H2,1-4H3. The zero-order valence-corrected chi connectivity index (χ0v) is 19.2. The highest BCUT2D eigenvalue weighted by Gasteiger charge is 2.42. The molecule has 32 heavy (non-hydrogen) atoms. The van der Waals surface area contributed by atoms with Crippen LogP contribution in [0, 0.1) is 0 Å². The van der Waals surface area contributed by atoms with Crippen molar-refractivity contribution in [1.29, 1.82) is 0 Å². The van der Waals surface area contributed by atoms with Crippen molar-refractivity contribution in [2.45, 2.75) is 12.5 Å². The highest BCUT2D eigenvalue weighted by atomic mass is 35.5. The van der Waals surface area contributed by atoms with Gasteiger partial charge in [0, 0.05) is 17.6 Å². The van der Waals surface area contributed by atoms with Crippen molar-refractivity contribution in [2.75, 3.05) is 41.4 Å². The number of carbonyl (C=O) groups is 1. The van der Waals surface area contributed by atoms with Crippen molar-refractivity contribution in [2.24, 2.45) is 0 Å². The molecule has 3 aromatic rings. The second kappa shape index (κ2) is 8.84. The van der Waals surface area contributed by atoms with E-state index in [2.05, 4.69) is 4.90 Å². The number of halogens is 1. The Morgan fingerprint density at radius 1 is 1.06 bits per heavy atom. The number of amides is 1. The molecule has 1 aliphatic heterocycles. The molecular weight excluding hydrogens is 432 g/mol. The highest BCUT2D eigenvalue weighted by Crippen LogP contribution is 2.40. The molecule has 0 fully saturated rings. The maximum Gasteiger partial charge on any atom is 0.290 e. The number of methoxy groups -OCH3 is 2. The van der Waals surface area contributed by atoms with Gasteiger partial charge in [0.15, 0.2) is 5.43 Å². The van der Waals surface area contributed by atoms with Crippen molar-refractivity contribution in [1.82, 2.24) is 9.80 Å². The Labute approximate surface area is 191 Å². The zero-order chi connectivity index (χ0) is 23.0. The van der Waals surface area contributed by atoms with E-state index in [0.717, 1.165) is 13.0 Å². The van der Waals surface area contributed by atoms with Crippen LogP contribution in [0.4, 0.5) is 0 Å². The van der Waals surface area contributed by atoms with Gasteiger partial charge in [-0.1, -0.05) is 11.6 Å². The average molecular weight is 457 g/mol. The number of rotatable bonds is 7. The molecule has 0 radical (unpaired) electrons. The number of ether oxygens (including phenoxy) is 2. The third-order valence-corrected chi connectivity index (χ3v) is 5.86. The summed E-state index contributed by atoms with van der Waals surface area (Å²) in [6.45, 7) is 1.26. The zero-order valence-electron chi connectivity index (χ0n) is 18.5. The molecule has 0 saturated heterocycles. The maximum absolute atomic E-state index is 13.6. The fourth-order valence-corrected chi connectivity index (χ4v) is 4.29. The Balaban J connectivity index is 1.92. The molecule has 2 heterocycles. The molecule has 168 valence electrons. The lowest BCUT2D eigenvalue weighted by Gasteiger charge is -2.26. The predicted octanol–water partition coefficient (Wildman–Crippen LogP) is 3.96. The normalized spacial score (nSPS) is 15.5. The predicted molar refractivity (Wildman–Crippen MR) is 123 cm³/mol. The fraction of sp³-hybridized carbons (Fsp3) is 0.333. The van der Waals surface area contributed by atoms with Gasteiger partial charge < -0.3 is 23.7 Å². The molecule has 1 unspecified atom stereocenters. The Bertz CT molecular complexity index is 1210. The van der Waals surface area contributed by atoms with E-state index < -0.39 is 6.04 Å². The Kier molecular flexibility index (Phi) is 6.13. The third-order valence-electron chi connectivity index (χ3n) is 5.62. The molecule has 4 rings (SSSR count). The topological polar surface area (TPSA) is 72.2 Å². The third kappa shape index (κ3) is 3.94. The number of hydrogen-bond acceptors (Lipinski definition) is 6. The molecule has 1 amide bonds. The van der Waals surface area contributed by atoms with E-state index in [1.165, 1.54) is 0 Å². The van der Waals surface area contributed by atoms with Gasteiger partial charge in [0.1, 0.15) is 17.1 Å². The summed E-state index contributed by atoms with van der Waals surface area (Å²) in [6, 6.07) is 9.59. The van der Waals surface area contributed by atoms with Crippen LogP contribution in [-0.2, 0) is 0 Å². The van der Waals surface area contributed by atoms with Crippen LogP contribution < -0.4 is 14.9 Å². The van der Waals surface area contributed by atoms with Gasteiger partial charge in [-0.25, -0.2) is 0 Å². The largest absolute Gasteiger partial charge is 0.497 e. The van der Waals surface area contributed by atoms with Crippen molar-refractivity contribution < 1.29 is 18.7 Å². The minimum atomic E-state index is -0.622. The van der Waals surface area contributed by atoms with Crippen LogP contribution in [0.15, 0.2) is 45.6 Å². The second-order valence-electron chi connectivity index (χ2n) is 8.02. The summed E-state index contributed by atoms with van der Waals surface area (Å²) in [5.41, 5.74) is 1.10. The van der Waals surface area contributed by atoms with Gasteiger partial charge >= 0.3 is 0 Å². The highest BCUT2D eigenvalue weighted by molar-refractivity contribution is 6.31. The SMILES string of the molecule is COc1cc(OC)cc(C2c3c(oc4ccc(Cl)cc4c3=O)C(=O)N2CCCN(C)C)c1. The van der Waals surface area contributed by atoms with Crippen LogP contribution in [0.2, 0.25) is 5.02 Å². The van der Waals surface area contributed by atoms with E-state index >= 15 is 0 Å². The van der Waals surface area contributed by atoms with Crippen LogP contribution in [0.25, 0.3) is 11.0 Å². The van der Waals surface area contributed by atoms with E-state index in [4.69, 9.17) is 25.5 Å². The summed E-state index contributed by atoms with van der Waals surface area (Å²) in [5, 5.41) is 0.774. The first-order valence-corrected chi connectivity index (χ1v) is 10.7. The van der Waals surface area contributed by atoms with Crippen molar-refractivity contribution in [3.8, 4) is 11.5 Å². The first-order valence-electron chi connectivity index (χ1n) is 10.3. The number of carbonyl (C=O) groups excluding carboxylic acids is 1. The van der Waals surface area contributed by atoms with Gasteiger partial charge in [-0.15, -0.1) is 0 Å². The summed E-state index contributed by atoms with van der Waals surface area (Å²) < 4.78 is 16.8. The van der Waals surface area contributed by atoms with E-state index in [0.29, 0.717) is 45.2 Å². The van der Waals surface area contributed by atoms with Crippen molar-refractivity contribution in [3.05, 3.63) is 68.5 Å². The van der Waals surface area contributed by atoms with E-state index in [1.54, 1.807) is 43.4 Å². The molecule has 1 aromatic heterocycles. The Hall–Kier alpha value is -3.03. The quantitative estimate of drug-likeness (QED) is 0.536. The summed E-state index contributed by atoms with van der Waals surface area (Å²) in [7, 11) is 7.08. The van der Waals surface area contributed by atoms with E-state index in [-0.39, 0.29) is 17.1 Å². The molecule has 0 saturated carbocycles. The van der Waals surface area contributed by atoms with Gasteiger partial charge in [-0.05, 0) is 63.0 Å². The summed E-state index contributed by atoms with van der Waals surface area (Å²) in [5.74, 6) is 0.907. The van der Waals surface area contributed by atoms with Crippen LogP contribution >= 0.6 is 11.6 Å². The molecule has 1 aliphatic rings. The lowest BCUT2D eigenvalue weighted by atomic mass is 9.98. The fourth-order valence-electron chi connectivity index (χ4n) is 4.11. The summed E-state index contributed by atoms with van der Waals surface area (Å²) >= 11 is 6.13. The summed E-state index contributed by atoms with van der Waals surface area (Å²) in [6.07, 6.45) is 0.740. The smallest absolute Gasteiger partial charge is 0.290 e. The van der Waals surface area contributed by atoms with Crippen LogP contribution in [-0.4, -0.2) is 57.1 Å². The number of benzene rings is 2. The molecule has 0 N–H and O–H groups in total. The number of nitrogens with zero attached hydrogens (tertiary/aromatic N) is 2. The molecule has 1 atom stereocenters. The van der Waals surface area contributed by atoms with Gasteiger partial charge in [-0.3, -0.25) is 9.59 Å². The molecule has 0 bridgehead atoms. The number of hydrogen-bond donors (Lipinski definition) is 0. The molecular formula is C24H25ClN2O5. The van der Waals surface area contributed by atoms with Crippen molar-refractivity contribution >= 4 is 28.5 Å². The number of fused-ring (bicyclic) bond motifs is 2. The van der Waals surface area contributed by atoms with Gasteiger partial charge in [-0.2, -0.15) is 0 Å². The Morgan fingerprint density at radius 3 is 2.38 bits per heavy atom. The first kappa shape index (κ1) is 22.2. The van der Waals surface area contributed by atoms with Crippen LogP contribution in [0.1, 0.15) is 34.1 Å². The lowest BCUT2D eigenvalue weighted by molar-refractivity contribution is 0.0722. The molecule has 0 spiro atoms. The van der Waals surface area contributed by atoms with E-state index in [1.807, 2.05) is 26.2 Å². The van der Waals surface area contributed by atoms with Crippen LogP contribution in [0.3, 0.4) is 0 Å². The maximum atomic E-state index is 13.6. The second-order valence-corrected chi connectivity index (χ2v) is 8.45.